The fourth-order valence-electron chi connectivity index (χ4n) is 3.63. The molecule has 0 atom stereocenters. The second-order valence-electron chi connectivity index (χ2n) is 8.08. The number of hydrogen-bond acceptors (Lipinski definition) is 6. The van der Waals surface area contributed by atoms with E-state index >= 15 is 0 Å². The molecule has 9 nitrogen and oxygen atoms in total. The Labute approximate surface area is 204 Å². The van der Waals surface area contributed by atoms with Crippen LogP contribution in [0.1, 0.15) is 37.9 Å². The number of urea groups is 1. The molecule has 1 aromatic heterocycles. The number of thiazole rings is 1. The van der Waals surface area contributed by atoms with Crippen LogP contribution >= 0.6 is 11.3 Å². The topological polar surface area (TPSA) is 95.1 Å². The number of ether oxygens (including phenoxy) is 1. The summed E-state index contributed by atoms with van der Waals surface area (Å²) >= 11 is 1.30. The Kier molecular flexibility index (Phi) is 9.69. The van der Waals surface area contributed by atoms with Crippen molar-refractivity contribution in [1.29, 1.82) is 0 Å². The minimum Gasteiger partial charge on any atom is -0.450 e. The number of carbonyl (C=O) groups is 3. The van der Waals surface area contributed by atoms with Crippen molar-refractivity contribution in [2.24, 2.45) is 0 Å². The SMILES string of the molecule is CCCCN(Cc1ccccc1)C(=O)Cc1csc(NC(=O)N2CCN(C(=O)OCC)CC2)n1. The van der Waals surface area contributed by atoms with E-state index in [1.165, 1.54) is 11.3 Å². The second-order valence-corrected chi connectivity index (χ2v) is 8.94. The van der Waals surface area contributed by atoms with Gasteiger partial charge in [0.1, 0.15) is 0 Å². The van der Waals surface area contributed by atoms with Crippen molar-refractivity contribution in [3.05, 3.63) is 47.0 Å². The molecule has 1 aliphatic rings. The molecule has 0 aliphatic carbocycles. The maximum Gasteiger partial charge on any atom is 0.409 e. The fraction of sp³-hybridized carbons (Fsp3) is 0.500. The molecule has 2 heterocycles. The van der Waals surface area contributed by atoms with Crippen LogP contribution in [0.4, 0.5) is 14.7 Å². The number of aromatic nitrogens is 1. The van der Waals surface area contributed by atoms with Gasteiger partial charge in [-0.1, -0.05) is 43.7 Å². The van der Waals surface area contributed by atoms with Crippen molar-refractivity contribution in [3.8, 4) is 0 Å². The van der Waals surface area contributed by atoms with Gasteiger partial charge >= 0.3 is 12.1 Å². The third-order valence-electron chi connectivity index (χ3n) is 5.54. The zero-order valence-electron chi connectivity index (χ0n) is 19.9. The van der Waals surface area contributed by atoms with Gasteiger partial charge in [-0.25, -0.2) is 14.6 Å². The van der Waals surface area contributed by atoms with Crippen molar-refractivity contribution < 1.29 is 19.1 Å². The smallest absolute Gasteiger partial charge is 0.409 e. The monoisotopic (exact) mass is 487 g/mol. The summed E-state index contributed by atoms with van der Waals surface area (Å²) in [6.07, 6.45) is 1.80. The van der Waals surface area contributed by atoms with Crippen molar-refractivity contribution in [2.45, 2.75) is 39.7 Å². The Balaban J connectivity index is 1.51. The van der Waals surface area contributed by atoms with E-state index in [-0.39, 0.29) is 24.5 Å². The van der Waals surface area contributed by atoms with Gasteiger partial charge in [0.2, 0.25) is 5.91 Å². The quantitative estimate of drug-likeness (QED) is 0.580. The maximum absolute atomic E-state index is 13.0. The minimum atomic E-state index is -0.350. The van der Waals surface area contributed by atoms with Crippen LogP contribution in [0.5, 0.6) is 0 Å². The van der Waals surface area contributed by atoms with E-state index in [4.69, 9.17) is 4.74 Å². The van der Waals surface area contributed by atoms with Crippen molar-refractivity contribution >= 4 is 34.5 Å². The predicted octanol–water partition coefficient (Wildman–Crippen LogP) is 3.82. The third kappa shape index (κ3) is 7.44. The number of nitrogens with one attached hydrogen (secondary N) is 1. The summed E-state index contributed by atoms with van der Waals surface area (Å²) in [7, 11) is 0. The van der Waals surface area contributed by atoms with Gasteiger partial charge in [-0.15, -0.1) is 11.3 Å². The number of anilines is 1. The number of nitrogens with zero attached hydrogens (tertiary/aromatic N) is 4. The zero-order valence-corrected chi connectivity index (χ0v) is 20.7. The lowest BCUT2D eigenvalue weighted by Crippen LogP contribution is -2.51. The van der Waals surface area contributed by atoms with Crippen LogP contribution in [-0.2, 0) is 22.5 Å². The van der Waals surface area contributed by atoms with Crippen LogP contribution in [0.3, 0.4) is 0 Å². The van der Waals surface area contributed by atoms with Crippen LogP contribution in [0.2, 0.25) is 0 Å². The van der Waals surface area contributed by atoms with E-state index in [0.29, 0.717) is 56.7 Å². The molecule has 0 unspecified atom stereocenters. The first kappa shape index (κ1) is 25.5. The second kappa shape index (κ2) is 12.9. The third-order valence-corrected chi connectivity index (χ3v) is 6.35. The molecule has 1 aromatic carbocycles. The highest BCUT2D eigenvalue weighted by Crippen LogP contribution is 2.18. The first-order valence-corrected chi connectivity index (χ1v) is 12.6. The summed E-state index contributed by atoms with van der Waals surface area (Å²) in [5.41, 5.74) is 1.74. The van der Waals surface area contributed by atoms with Crippen molar-refractivity contribution in [2.75, 3.05) is 44.6 Å². The number of benzene rings is 1. The Morgan fingerprint density at radius 2 is 1.79 bits per heavy atom. The molecule has 10 heteroatoms. The van der Waals surface area contributed by atoms with Crippen LogP contribution in [-0.4, -0.2) is 77.0 Å². The van der Waals surface area contributed by atoms with Gasteiger partial charge in [-0.3, -0.25) is 10.1 Å². The average Bonchev–Trinajstić information content (AvgIpc) is 3.29. The molecular formula is C24H33N5O4S. The number of rotatable bonds is 9. The molecule has 34 heavy (non-hydrogen) atoms. The summed E-state index contributed by atoms with van der Waals surface area (Å²) in [5, 5.41) is 5.09. The van der Waals surface area contributed by atoms with Gasteiger partial charge in [-0.2, -0.15) is 0 Å². The number of unbranched alkanes of at least 4 members (excludes halogenated alkanes) is 1. The van der Waals surface area contributed by atoms with Gasteiger partial charge in [0.25, 0.3) is 0 Å². The molecule has 184 valence electrons. The maximum atomic E-state index is 13.0. The van der Waals surface area contributed by atoms with E-state index < -0.39 is 0 Å². The largest absolute Gasteiger partial charge is 0.450 e. The van der Waals surface area contributed by atoms with E-state index in [1.807, 2.05) is 40.6 Å². The summed E-state index contributed by atoms with van der Waals surface area (Å²) in [6.45, 7) is 7.19. The number of hydrogen-bond donors (Lipinski definition) is 1. The highest BCUT2D eigenvalue weighted by molar-refractivity contribution is 7.13. The molecule has 1 fully saturated rings. The summed E-state index contributed by atoms with van der Waals surface area (Å²) in [5.74, 6) is 0.0237. The number of carbonyl (C=O) groups excluding carboxylic acids is 3. The highest BCUT2D eigenvalue weighted by Gasteiger charge is 2.25. The van der Waals surface area contributed by atoms with E-state index in [2.05, 4.69) is 17.2 Å². The summed E-state index contributed by atoms with van der Waals surface area (Å²) in [4.78, 5) is 47.0. The van der Waals surface area contributed by atoms with Crippen LogP contribution in [0.25, 0.3) is 0 Å². The molecule has 1 aliphatic heterocycles. The van der Waals surface area contributed by atoms with Gasteiger partial charge < -0.3 is 19.4 Å². The molecule has 1 saturated heterocycles. The Morgan fingerprint density at radius 3 is 2.47 bits per heavy atom. The van der Waals surface area contributed by atoms with Gasteiger partial charge in [0.05, 0.1) is 18.7 Å². The molecule has 0 saturated carbocycles. The van der Waals surface area contributed by atoms with Gasteiger partial charge in [0.15, 0.2) is 5.13 Å². The van der Waals surface area contributed by atoms with Crippen LogP contribution in [0, 0.1) is 0 Å². The van der Waals surface area contributed by atoms with Gasteiger partial charge in [-0.05, 0) is 18.9 Å². The number of piperazine rings is 1. The van der Waals surface area contributed by atoms with Crippen molar-refractivity contribution in [3.63, 3.8) is 0 Å². The van der Waals surface area contributed by atoms with Gasteiger partial charge in [0, 0.05) is 44.6 Å². The summed E-state index contributed by atoms with van der Waals surface area (Å²) in [6, 6.07) is 9.70. The Morgan fingerprint density at radius 1 is 1.09 bits per heavy atom. The minimum absolute atomic E-state index is 0.0237. The molecule has 0 radical (unpaired) electrons. The molecule has 3 rings (SSSR count). The van der Waals surface area contributed by atoms with E-state index in [1.54, 1.807) is 16.7 Å². The Hall–Kier alpha value is -3.14. The molecule has 0 spiro atoms. The zero-order chi connectivity index (χ0) is 24.3. The lowest BCUT2D eigenvalue weighted by Gasteiger charge is -2.33. The summed E-state index contributed by atoms with van der Waals surface area (Å²) < 4.78 is 5.01. The highest BCUT2D eigenvalue weighted by atomic mass is 32.1. The van der Waals surface area contributed by atoms with E-state index in [0.717, 1.165) is 18.4 Å². The lowest BCUT2D eigenvalue weighted by molar-refractivity contribution is -0.131. The standard InChI is InChI=1S/C24H33N5O4S/c1-3-5-11-29(17-19-9-7-6-8-10-19)21(30)16-20-18-34-22(25-20)26-23(31)27-12-14-28(15-13-27)24(32)33-4-2/h6-10,18H,3-5,11-17H2,1-2H3,(H,25,26,31). The lowest BCUT2D eigenvalue weighted by atomic mass is 10.2. The number of amides is 4. The molecule has 4 amide bonds. The normalized spacial score (nSPS) is 13.5. The van der Waals surface area contributed by atoms with Crippen LogP contribution < -0.4 is 5.32 Å². The first-order chi connectivity index (χ1) is 16.5. The first-order valence-electron chi connectivity index (χ1n) is 11.7. The molecule has 1 N–H and O–H groups in total. The fourth-order valence-corrected chi connectivity index (χ4v) is 4.33. The molecular weight excluding hydrogens is 454 g/mol. The average molecular weight is 488 g/mol. The predicted molar refractivity (Wildman–Crippen MR) is 132 cm³/mol. The van der Waals surface area contributed by atoms with Crippen molar-refractivity contribution in [1.82, 2.24) is 19.7 Å². The van der Waals surface area contributed by atoms with Crippen LogP contribution in [0.15, 0.2) is 35.7 Å². The Bertz CT molecular complexity index is 944. The molecule has 0 bridgehead atoms. The molecule has 2 aromatic rings. The van der Waals surface area contributed by atoms with E-state index in [9.17, 15) is 14.4 Å².